The molecule has 3 atom stereocenters. The lowest BCUT2D eigenvalue weighted by molar-refractivity contribution is 0.0250. The Morgan fingerprint density at radius 1 is 1.17 bits per heavy atom. The number of aryl methyl sites for hydroxylation is 2. The van der Waals surface area contributed by atoms with Gasteiger partial charge in [0, 0.05) is 12.6 Å². The van der Waals surface area contributed by atoms with E-state index in [9.17, 15) is 0 Å². The van der Waals surface area contributed by atoms with Crippen LogP contribution < -0.4 is 5.32 Å². The Labute approximate surface area is 136 Å². The largest absolute Gasteiger partial charge is 0.364 e. The van der Waals surface area contributed by atoms with Crippen LogP contribution in [0.4, 0.5) is 0 Å². The highest BCUT2D eigenvalue weighted by Crippen LogP contribution is 2.31. The summed E-state index contributed by atoms with van der Waals surface area (Å²) in [6.45, 7) is 2.73. The second-order valence-corrected chi connectivity index (χ2v) is 6.62. The van der Waals surface area contributed by atoms with E-state index in [1.165, 1.54) is 24.0 Å². The Kier molecular flexibility index (Phi) is 4.14. The molecule has 1 aromatic heterocycles. The van der Waals surface area contributed by atoms with Gasteiger partial charge in [0.15, 0.2) is 5.82 Å². The molecule has 0 spiro atoms. The Morgan fingerprint density at radius 3 is 2.87 bits per heavy atom. The van der Waals surface area contributed by atoms with Crippen LogP contribution in [0.5, 0.6) is 0 Å². The van der Waals surface area contributed by atoms with E-state index in [4.69, 9.17) is 9.26 Å². The summed E-state index contributed by atoms with van der Waals surface area (Å²) in [6, 6.07) is 9.33. The van der Waals surface area contributed by atoms with Crippen LogP contribution in [-0.2, 0) is 17.6 Å². The number of aromatic nitrogens is 2. The standard InChI is InChI=1S/C18H23N3O2/c1-12-20-18(23-21-12)17-9-8-16(22-17)11-19-15-7-6-13-4-2-3-5-14(13)10-15/h2-5,15-17,19H,6-11H2,1H3/t15?,16-,17+/m1/s1. The van der Waals surface area contributed by atoms with Crippen LogP contribution in [0.2, 0.25) is 0 Å². The summed E-state index contributed by atoms with van der Waals surface area (Å²) in [5, 5.41) is 7.54. The Hall–Kier alpha value is -1.72. The molecule has 1 N–H and O–H groups in total. The van der Waals surface area contributed by atoms with E-state index in [0.717, 1.165) is 25.8 Å². The molecule has 23 heavy (non-hydrogen) atoms. The van der Waals surface area contributed by atoms with Gasteiger partial charge in [0.1, 0.15) is 6.10 Å². The van der Waals surface area contributed by atoms with Crippen LogP contribution in [-0.4, -0.2) is 28.8 Å². The number of rotatable bonds is 4. The fourth-order valence-corrected chi connectivity index (χ4v) is 3.65. The molecule has 0 bridgehead atoms. The summed E-state index contributed by atoms with van der Waals surface area (Å²) in [7, 11) is 0. The average molecular weight is 313 g/mol. The first-order valence-corrected chi connectivity index (χ1v) is 8.54. The third-order valence-corrected chi connectivity index (χ3v) is 4.91. The fourth-order valence-electron chi connectivity index (χ4n) is 3.65. The fraction of sp³-hybridized carbons (Fsp3) is 0.556. The second kappa shape index (κ2) is 6.42. The minimum atomic E-state index is -0.0323. The summed E-state index contributed by atoms with van der Waals surface area (Å²) in [5.41, 5.74) is 3.00. The van der Waals surface area contributed by atoms with Crippen molar-refractivity contribution in [3.8, 4) is 0 Å². The molecule has 1 unspecified atom stereocenters. The number of ether oxygens (including phenoxy) is 1. The van der Waals surface area contributed by atoms with Gasteiger partial charge in [0.2, 0.25) is 0 Å². The number of benzene rings is 1. The van der Waals surface area contributed by atoms with Crippen LogP contribution in [0.3, 0.4) is 0 Å². The van der Waals surface area contributed by atoms with E-state index >= 15 is 0 Å². The maximum Gasteiger partial charge on any atom is 0.255 e. The van der Waals surface area contributed by atoms with Crippen molar-refractivity contribution in [2.24, 2.45) is 0 Å². The highest BCUT2D eigenvalue weighted by Gasteiger charge is 2.31. The highest BCUT2D eigenvalue weighted by molar-refractivity contribution is 5.30. The summed E-state index contributed by atoms with van der Waals surface area (Å²) in [5.74, 6) is 1.29. The molecule has 5 heteroatoms. The van der Waals surface area contributed by atoms with Crippen molar-refractivity contribution in [1.82, 2.24) is 15.5 Å². The summed E-state index contributed by atoms with van der Waals surface area (Å²) < 4.78 is 11.3. The molecule has 1 aliphatic carbocycles. The minimum absolute atomic E-state index is 0.0323. The third-order valence-electron chi connectivity index (χ3n) is 4.91. The molecule has 1 fully saturated rings. The number of hydrogen-bond donors (Lipinski definition) is 1. The zero-order valence-corrected chi connectivity index (χ0v) is 13.5. The topological polar surface area (TPSA) is 60.2 Å². The molecule has 2 aromatic rings. The first kappa shape index (κ1) is 14.8. The second-order valence-electron chi connectivity index (χ2n) is 6.62. The lowest BCUT2D eigenvalue weighted by Gasteiger charge is -2.26. The lowest BCUT2D eigenvalue weighted by atomic mass is 9.88. The number of nitrogens with one attached hydrogen (secondary N) is 1. The summed E-state index contributed by atoms with van der Waals surface area (Å²) in [4.78, 5) is 4.28. The van der Waals surface area contributed by atoms with Gasteiger partial charge < -0.3 is 14.6 Å². The van der Waals surface area contributed by atoms with Gasteiger partial charge in [-0.3, -0.25) is 0 Å². The van der Waals surface area contributed by atoms with Gasteiger partial charge in [-0.2, -0.15) is 4.98 Å². The van der Waals surface area contributed by atoms with Crippen molar-refractivity contribution in [2.45, 2.75) is 57.3 Å². The van der Waals surface area contributed by atoms with Gasteiger partial charge >= 0.3 is 0 Å². The van der Waals surface area contributed by atoms with Crippen molar-refractivity contribution >= 4 is 0 Å². The number of fused-ring (bicyclic) bond motifs is 1. The van der Waals surface area contributed by atoms with Gasteiger partial charge in [0.25, 0.3) is 5.89 Å². The Balaban J connectivity index is 1.28. The lowest BCUT2D eigenvalue weighted by Crippen LogP contribution is -2.39. The van der Waals surface area contributed by atoms with Gasteiger partial charge in [-0.1, -0.05) is 29.4 Å². The molecular formula is C18H23N3O2. The zero-order chi connectivity index (χ0) is 15.6. The van der Waals surface area contributed by atoms with Gasteiger partial charge in [0.05, 0.1) is 6.10 Å². The number of hydrogen-bond acceptors (Lipinski definition) is 5. The van der Waals surface area contributed by atoms with Gasteiger partial charge in [-0.05, 0) is 50.2 Å². The molecule has 1 aromatic carbocycles. The normalized spacial score (nSPS) is 27.1. The maximum atomic E-state index is 6.06. The smallest absolute Gasteiger partial charge is 0.255 e. The van der Waals surface area contributed by atoms with Gasteiger partial charge in [-0.25, -0.2) is 0 Å². The molecule has 0 saturated carbocycles. The van der Waals surface area contributed by atoms with E-state index in [0.29, 0.717) is 17.8 Å². The van der Waals surface area contributed by atoms with E-state index in [-0.39, 0.29) is 12.2 Å². The quantitative estimate of drug-likeness (QED) is 0.940. The number of nitrogens with zero attached hydrogens (tertiary/aromatic N) is 2. The molecule has 1 aliphatic heterocycles. The Bertz CT molecular complexity index is 670. The third kappa shape index (κ3) is 3.31. The van der Waals surface area contributed by atoms with Crippen LogP contribution in [0.25, 0.3) is 0 Å². The molecule has 0 amide bonds. The highest BCUT2D eigenvalue weighted by atomic mass is 16.5. The first-order valence-electron chi connectivity index (χ1n) is 8.54. The molecule has 2 aliphatic rings. The van der Waals surface area contributed by atoms with Crippen molar-refractivity contribution in [2.75, 3.05) is 6.54 Å². The van der Waals surface area contributed by atoms with Crippen molar-refractivity contribution in [3.05, 3.63) is 47.1 Å². The van der Waals surface area contributed by atoms with E-state index < -0.39 is 0 Å². The van der Waals surface area contributed by atoms with E-state index in [1.54, 1.807) is 0 Å². The van der Waals surface area contributed by atoms with Crippen LogP contribution in [0.1, 0.15) is 48.2 Å². The summed E-state index contributed by atoms with van der Waals surface area (Å²) in [6.07, 6.45) is 5.71. The molecule has 4 rings (SSSR count). The molecule has 0 radical (unpaired) electrons. The Morgan fingerprint density at radius 2 is 2.04 bits per heavy atom. The van der Waals surface area contributed by atoms with Crippen molar-refractivity contribution in [3.63, 3.8) is 0 Å². The molecule has 5 nitrogen and oxygen atoms in total. The molecule has 1 saturated heterocycles. The van der Waals surface area contributed by atoms with Gasteiger partial charge in [-0.15, -0.1) is 0 Å². The summed E-state index contributed by atoms with van der Waals surface area (Å²) >= 11 is 0. The average Bonchev–Trinajstić information content (AvgIpc) is 3.21. The predicted molar refractivity (Wildman–Crippen MR) is 86.1 cm³/mol. The predicted octanol–water partition coefficient (Wildman–Crippen LogP) is 2.75. The van der Waals surface area contributed by atoms with Crippen molar-refractivity contribution in [1.29, 1.82) is 0 Å². The molecule has 2 heterocycles. The molecule has 122 valence electrons. The van der Waals surface area contributed by atoms with Crippen molar-refractivity contribution < 1.29 is 9.26 Å². The van der Waals surface area contributed by atoms with Crippen LogP contribution in [0.15, 0.2) is 28.8 Å². The van der Waals surface area contributed by atoms with E-state index in [2.05, 4.69) is 39.7 Å². The first-order chi connectivity index (χ1) is 11.3. The molecular weight excluding hydrogens is 290 g/mol. The zero-order valence-electron chi connectivity index (χ0n) is 13.5. The SMILES string of the molecule is Cc1noc([C@@H]2CC[C@H](CNC3CCc4ccccc4C3)O2)n1. The maximum absolute atomic E-state index is 6.06. The van der Waals surface area contributed by atoms with E-state index in [1.807, 2.05) is 6.92 Å². The van der Waals surface area contributed by atoms with Crippen LogP contribution >= 0.6 is 0 Å². The van der Waals surface area contributed by atoms with Crippen LogP contribution in [0, 0.1) is 6.92 Å². The minimum Gasteiger partial charge on any atom is -0.364 e. The monoisotopic (exact) mass is 313 g/mol.